The molecule has 1 N–H and O–H groups in total. The number of carbonyl (C=O) groups excluding carboxylic acids is 1. The lowest BCUT2D eigenvalue weighted by molar-refractivity contribution is -0.131. The van der Waals surface area contributed by atoms with Gasteiger partial charge in [-0.05, 0) is 26.0 Å². The number of nitrogens with zero attached hydrogens (tertiary/aromatic N) is 9. The molecule has 3 aromatic rings. The van der Waals surface area contributed by atoms with Crippen LogP contribution < -0.4 is 10.2 Å². The normalized spacial score (nSPS) is 21.3. The van der Waals surface area contributed by atoms with Crippen molar-refractivity contribution in [1.82, 2.24) is 34.5 Å². The lowest BCUT2D eigenvalue weighted by Crippen LogP contribution is -2.62. The number of halogens is 1. The first-order valence-corrected chi connectivity index (χ1v) is 12.9. The fourth-order valence-electron chi connectivity index (χ4n) is 4.61. The minimum atomic E-state index is -1.11. The van der Waals surface area contributed by atoms with Crippen molar-refractivity contribution in [2.45, 2.75) is 25.6 Å². The molecule has 196 valence electrons. The van der Waals surface area contributed by atoms with Crippen LogP contribution in [0.5, 0.6) is 0 Å². The van der Waals surface area contributed by atoms with Crippen molar-refractivity contribution in [3.63, 3.8) is 0 Å². The summed E-state index contributed by atoms with van der Waals surface area (Å²) in [6.45, 7) is 4.60. The summed E-state index contributed by atoms with van der Waals surface area (Å²) >= 11 is 1.50. The van der Waals surface area contributed by atoms with Crippen LogP contribution in [0.25, 0.3) is 11.3 Å². The van der Waals surface area contributed by atoms with Gasteiger partial charge in [0, 0.05) is 50.5 Å². The number of aromatic nitrogens is 5. The van der Waals surface area contributed by atoms with Crippen molar-refractivity contribution in [1.29, 1.82) is 5.26 Å². The zero-order chi connectivity index (χ0) is 27.0. The maximum Gasteiger partial charge on any atom is 0.256 e. The van der Waals surface area contributed by atoms with Gasteiger partial charge in [0.1, 0.15) is 11.7 Å². The van der Waals surface area contributed by atoms with Gasteiger partial charge in [-0.1, -0.05) is 0 Å². The topological polar surface area (TPSA) is 119 Å². The predicted molar refractivity (Wildman–Crippen MR) is 141 cm³/mol. The molecule has 1 saturated heterocycles. The summed E-state index contributed by atoms with van der Waals surface area (Å²) < 4.78 is 15.0. The molecular weight excluding hydrogens is 507 g/mol. The fraction of sp³-hybridized carbons (Fsp3) is 0.360. The van der Waals surface area contributed by atoms with E-state index < -0.39 is 11.4 Å². The first-order chi connectivity index (χ1) is 18.2. The molecule has 2 aliphatic heterocycles. The maximum absolute atomic E-state index is 13.5. The van der Waals surface area contributed by atoms with E-state index in [1.807, 2.05) is 43.6 Å². The van der Waals surface area contributed by atoms with Gasteiger partial charge >= 0.3 is 0 Å². The number of hydrogen-bond acceptors (Lipinski definition) is 10. The second-order valence-electron chi connectivity index (χ2n) is 9.50. The highest BCUT2D eigenvalue weighted by atomic mass is 32.1. The smallest absolute Gasteiger partial charge is 0.256 e. The SMILES string of the molecule is Cc1nn(C)cc1-c1csc(NC2C=CC(C(=O)N3CCN(c4ncc(F)cn4)CC3(C)C#N)=CN2C)n1. The first-order valence-electron chi connectivity index (χ1n) is 12.0. The zero-order valence-electron chi connectivity index (χ0n) is 21.5. The Morgan fingerprint density at radius 3 is 2.71 bits per heavy atom. The van der Waals surface area contributed by atoms with Gasteiger partial charge < -0.3 is 20.0 Å². The quantitative estimate of drug-likeness (QED) is 0.527. The van der Waals surface area contributed by atoms with Gasteiger partial charge in [-0.15, -0.1) is 11.3 Å². The minimum Gasteiger partial charge on any atom is -0.357 e. The van der Waals surface area contributed by atoms with E-state index in [0.29, 0.717) is 24.6 Å². The number of hydrogen-bond donors (Lipinski definition) is 1. The van der Waals surface area contributed by atoms with Crippen molar-refractivity contribution in [3.8, 4) is 17.3 Å². The van der Waals surface area contributed by atoms with Crippen LogP contribution in [0, 0.1) is 24.1 Å². The molecule has 1 amide bonds. The largest absolute Gasteiger partial charge is 0.357 e. The molecule has 0 aliphatic carbocycles. The zero-order valence-corrected chi connectivity index (χ0v) is 22.3. The Bertz CT molecular complexity index is 1460. The second-order valence-corrected chi connectivity index (χ2v) is 10.4. The molecule has 11 nitrogen and oxygen atoms in total. The van der Waals surface area contributed by atoms with Crippen molar-refractivity contribution < 1.29 is 9.18 Å². The van der Waals surface area contributed by atoms with Gasteiger partial charge in [-0.25, -0.2) is 19.3 Å². The van der Waals surface area contributed by atoms with E-state index in [1.165, 1.54) is 11.3 Å². The molecule has 3 aromatic heterocycles. The number of anilines is 2. The van der Waals surface area contributed by atoms with Crippen LogP contribution in [0.3, 0.4) is 0 Å². The van der Waals surface area contributed by atoms with Gasteiger partial charge in [0.25, 0.3) is 5.91 Å². The fourth-order valence-corrected chi connectivity index (χ4v) is 5.35. The van der Waals surface area contributed by atoms with Crippen LogP contribution in [0.4, 0.5) is 15.5 Å². The third-order valence-electron chi connectivity index (χ3n) is 6.62. The van der Waals surface area contributed by atoms with Gasteiger partial charge in [-0.2, -0.15) is 10.4 Å². The molecule has 2 aliphatic rings. The molecule has 0 spiro atoms. The van der Waals surface area contributed by atoms with Gasteiger partial charge in [0.05, 0.1) is 42.0 Å². The van der Waals surface area contributed by atoms with E-state index in [-0.39, 0.29) is 18.6 Å². The molecule has 0 radical (unpaired) electrons. The minimum absolute atomic E-state index is 0.199. The summed E-state index contributed by atoms with van der Waals surface area (Å²) in [6.07, 6.45) is 9.37. The highest BCUT2D eigenvalue weighted by Gasteiger charge is 2.42. The monoisotopic (exact) mass is 534 g/mol. The Labute approximate surface area is 223 Å². The third kappa shape index (κ3) is 4.82. The molecule has 1 fully saturated rings. The van der Waals surface area contributed by atoms with Crippen LogP contribution in [0.2, 0.25) is 0 Å². The van der Waals surface area contributed by atoms with Gasteiger partial charge in [0.15, 0.2) is 10.9 Å². The molecular formula is C25H27FN10OS. The van der Waals surface area contributed by atoms with Crippen molar-refractivity contribution in [2.75, 3.05) is 36.9 Å². The molecule has 5 rings (SSSR count). The Kier molecular flexibility index (Phi) is 6.58. The Hall–Kier alpha value is -4.31. The first kappa shape index (κ1) is 25.3. The standard InChI is InChI=1S/C25H27FN10OS/c1-16-19(12-34(4)32-16)20-13-38-24(30-20)31-21-6-5-17(11-33(21)3)22(37)36-8-7-35(15-25(36,2)14-27)23-28-9-18(26)10-29-23/h5-6,9-13,21H,7-8,15H2,1-4H3,(H,30,31). The van der Waals surface area contributed by atoms with Crippen LogP contribution in [0.1, 0.15) is 12.6 Å². The molecule has 0 saturated carbocycles. The lowest BCUT2D eigenvalue weighted by Gasteiger charge is -2.45. The van der Waals surface area contributed by atoms with E-state index in [9.17, 15) is 14.4 Å². The number of amides is 1. The summed E-state index contributed by atoms with van der Waals surface area (Å²) in [6, 6.07) is 2.28. The summed E-state index contributed by atoms with van der Waals surface area (Å²) in [7, 11) is 3.76. The number of piperazine rings is 1. The van der Waals surface area contributed by atoms with Crippen LogP contribution in [-0.2, 0) is 11.8 Å². The number of likely N-dealkylation sites (N-methyl/N-ethyl adjacent to an activating group) is 1. The summed E-state index contributed by atoms with van der Waals surface area (Å²) in [5.74, 6) is -0.439. The van der Waals surface area contributed by atoms with Crippen LogP contribution in [0.15, 0.2) is 47.9 Å². The number of carbonyl (C=O) groups is 1. The number of nitriles is 1. The van der Waals surface area contributed by atoms with E-state index in [0.717, 1.165) is 34.5 Å². The number of aryl methyl sites for hydroxylation is 2. The van der Waals surface area contributed by atoms with Gasteiger partial charge in [0.2, 0.25) is 5.95 Å². The van der Waals surface area contributed by atoms with E-state index >= 15 is 0 Å². The molecule has 38 heavy (non-hydrogen) atoms. The van der Waals surface area contributed by atoms with Gasteiger partial charge in [-0.3, -0.25) is 9.48 Å². The molecule has 2 unspecified atom stereocenters. The number of nitrogens with one attached hydrogen (secondary N) is 1. The Morgan fingerprint density at radius 1 is 1.29 bits per heavy atom. The molecule has 0 bridgehead atoms. The van der Waals surface area contributed by atoms with E-state index in [4.69, 9.17) is 4.98 Å². The van der Waals surface area contributed by atoms with E-state index in [2.05, 4.69) is 26.5 Å². The molecule has 2 atom stereocenters. The lowest BCUT2D eigenvalue weighted by atomic mass is 9.96. The highest BCUT2D eigenvalue weighted by molar-refractivity contribution is 7.14. The van der Waals surface area contributed by atoms with Crippen molar-refractivity contribution in [3.05, 3.63) is 59.4 Å². The summed E-state index contributed by atoms with van der Waals surface area (Å²) in [4.78, 5) is 31.5. The molecule has 13 heteroatoms. The number of rotatable bonds is 5. The summed E-state index contributed by atoms with van der Waals surface area (Å²) in [5, 5.41) is 20.5. The molecule has 0 aromatic carbocycles. The predicted octanol–water partition coefficient (Wildman–Crippen LogP) is 2.54. The highest BCUT2D eigenvalue weighted by Crippen LogP contribution is 2.29. The van der Waals surface area contributed by atoms with E-state index in [1.54, 1.807) is 33.7 Å². The molecule has 5 heterocycles. The van der Waals surface area contributed by atoms with Crippen LogP contribution >= 0.6 is 11.3 Å². The average Bonchev–Trinajstić information content (AvgIpc) is 3.50. The Balaban J connectivity index is 1.26. The second kappa shape index (κ2) is 9.86. The summed E-state index contributed by atoms with van der Waals surface area (Å²) in [5.41, 5.74) is 2.13. The third-order valence-corrected chi connectivity index (χ3v) is 7.39. The Morgan fingerprint density at radius 2 is 2.05 bits per heavy atom. The van der Waals surface area contributed by atoms with Crippen molar-refractivity contribution in [2.24, 2.45) is 7.05 Å². The van der Waals surface area contributed by atoms with Crippen molar-refractivity contribution >= 4 is 28.3 Å². The maximum atomic E-state index is 13.5. The average molecular weight is 535 g/mol. The number of thiazole rings is 1. The van der Waals surface area contributed by atoms with Crippen LogP contribution in [-0.4, -0.2) is 78.8 Å².